The van der Waals surface area contributed by atoms with Crippen molar-refractivity contribution in [1.29, 1.82) is 0 Å². The summed E-state index contributed by atoms with van der Waals surface area (Å²) in [6, 6.07) is 1.94. The van der Waals surface area contributed by atoms with Crippen molar-refractivity contribution in [2.24, 2.45) is 0 Å². The summed E-state index contributed by atoms with van der Waals surface area (Å²) in [6.07, 6.45) is 2.88. The highest BCUT2D eigenvalue weighted by molar-refractivity contribution is 5.85. The molecular weight excluding hydrogens is 164 g/mol. The number of hydrogen-bond donors (Lipinski definition) is 1. The number of rotatable bonds is 1. The van der Waals surface area contributed by atoms with Gasteiger partial charge >= 0.3 is 0 Å². The van der Waals surface area contributed by atoms with Gasteiger partial charge in [-0.2, -0.15) is 0 Å². The van der Waals surface area contributed by atoms with Crippen molar-refractivity contribution < 1.29 is 4.52 Å². The largest absolute Gasteiger partial charge is 0.361 e. The van der Waals surface area contributed by atoms with Gasteiger partial charge in [-0.15, -0.1) is 12.4 Å². The fourth-order valence-corrected chi connectivity index (χ4v) is 1.33. The van der Waals surface area contributed by atoms with Crippen molar-refractivity contribution in [3.05, 3.63) is 18.0 Å². The normalized spacial score (nSPS) is 23.1. The first-order chi connectivity index (χ1) is 4.97. The molecule has 0 bridgehead atoms. The maximum atomic E-state index is 5.03. The molecule has 0 radical (unpaired) electrons. The van der Waals surface area contributed by atoms with E-state index < -0.39 is 0 Å². The van der Waals surface area contributed by atoms with Gasteiger partial charge in [0, 0.05) is 18.5 Å². The van der Waals surface area contributed by atoms with Crippen LogP contribution < -0.4 is 5.32 Å². The van der Waals surface area contributed by atoms with Gasteiger partial charge < -0.3 is 9.84 Å². The Morgan fingerprint density at radius 1 is 1.64 bits per heavy atom. The molecule has 1 aromatic rings. The van der Waals surface area contributed by atoms with Crippen molar-refractivity contribution in [3.63, 3.8) is 0 Å². The predicted molar refractivity (Wildman–Crippen MR) is 44.0 cm³/mol. The summed E-state index contributed by atoms with van der Waals surface area (Å²) in [6.45, 7) is 2.14. The second-order valence-electron chi connectivity index (χ2n) is 2.60. The molecule has 0 aliphatic carbocycles. The van der Waals surface area contributed by atoms with E-state index in [4.69, 9.17) is 4.52 Å². The van der Waals surface area contributed by atoms with Crippen LogP contribution in [0.25, 0.3) is 0 Å². The average molecular weight is 175 g/mol. The number of hydrogen-bond acceptors (Lipinski definition) is 3. The van der Waals surface area contributed by atoms with Gasteiger partial charge in [-0.1, -0.05) is 5.16 Å². The second kappa shape index (κ2) is 3.74. The van der Waals surface area contributed by atoms with Gasteiger partial charge in [0.1, 0.15) is 5.76 Å². The summed E-state index contributed by atoms with van der Waals surface area (Å²) in [5.41, 5.74) is 0. The summed E-state index contributed by atoms with van der Waals surface area (Å²) in [4.78, 5) is 0. The first-order valence-corrected chi connectivity index (χ1v) is 3.58. The van der Waals surface area contributed by atoms with Crippen molar-refractivity contribution in [1.82, 2.24) is 10.5 Å². The quantitative estimate of drug-likeness (QED) is 0.695. The van der Waals surface area contributed by atoms with E-state index in [1.165, 1.54) is 6.42 Å². The molecule has 0 saturated carbocycles. The summed E-state index contributed by atoms with van der Waals surface area (Å²) < 4.78 is 5.03. The molecule has 2 heterocycles. The molecule has 0 aromatic carbocycles. The topological polar surface area (TPSA) is 38.1 Å². The molecule has 1 fully saturated rings. The van der Waals surface area contributed by atoms with E-state index in [0.717, 1.165) is 18.8 Å². The molecule has 1 aromatic heterocycles. The summed E-state index contributed by atoms with van der Waals surface area (Å²) in [5, 5.41) is 6.94. The molecular formula is C7H11ClN2O. The SMILES string of the molecule is Cl.c1cc([C@@H]2CCNC2)on1. The third kappa shape index (κ3) is 1.73. The maximum Gasteiger partial charge on any atom is 0.141 e. The number of halogens is 1. The molecule has 1 saturated heterocycles. The standard InChI is InChI=1S/C7H10N2O.ClH/c1-3-8-5-6(1)7-2-4-9-10-7;/h2,4,6,8H,1,3,5H2;1H/t6-;/m1./s1. The third-order valence-corrected chi connectivity index (χ3v) is 1.92. The molecule has 4 heteroatoms. The monoisotopic (exact) mass is 174 g/mol. The molecule has 1 N–H and O–H groups in total. The highest BCUT2D eigenvalue weighted by atomic mass is 35.5. The van der Waals surface area contributed by atoms with E-state index in [-0.39, 0.29) is 12.4 Å². The van der Waals surface area contributed by atoms with Crippen LogP contribution in [0.4, 0.5) is 0 Å². The minimum atomic E-state index is 0. The van der Waals surface area contributed by atoms with Gasteiger partial charge in [0.25, 0.3) is 0 Å². The Morgan fingerprint density at radius 3 is 3.09 bits per heavy atom. The lowest BCUT2D eigenvalue weighted by atomic mass is 10.1. The third-order valence-electron chi connectivity index (χ3n) is 1.92. The zero-order chi connectivity index (χ0) is 6.81. The lowest BCUT2D eigenvalue weighted by molar-refractivity contribution is 0.365. The van der Waals surface area contributed by atoms with E-state index >= 15 is 0 Å². The highest BCUT2D eigenvalue weighted by Gasteiger charge is 2.18. The smallest absolute Gasteiger partial charge is 0.141 e. The fourth-order valence-electron chi connectivity index (χ4n) is 1.33. The predicted octanol–water partition coefficient (Wildman–Crippen LogP) is 1.17. The molecule has 3 nitrogen and oxygen atoms in total. The molecule has 1 atom stereocenters. The number of nitrogens with zero attached hydrogens (tertiary/aromatic N) is 1. The number of aromatic nitrogens is 1. The lowest BCUT2D eigenvalue weighted by Gasteiger charge is -1.99. The second-order valence-corrected chi connectivity index (χ2v) is 2.60. The maximum absolute atomic E-state index is 5.03. The van der Waals surface area contributed by atoms with Crippen LogP contribution in [-0.2, 0) is 0 Å². The molecule has 0 unspecified atom stereocenters. The molecule has 0 amide bonds. The molecule has 2 rings (SSSR count). The minimum Gasteiger partial charge on any atom is -0.361 e. The molecule has 1 aliphatic heterocycles. The van der Waals surface area contributed by atoms with Crippen LogP contribution in [0, 0.1) is 0 Å². The van der Waals surface area contributed by atoms with Gasteiger partial charge in [0.05, 0.1) is 6.20 Å². The van der Waals surface area contributed by atoms with Crippen molar-refractivity contribution in [2.45, 2.75) is 12.3 Å². The molecule has 11 heavy (non-hydrogen) atoms. The Kier molecular flexibility index (Phi) is 2.91. The van der Waals surface area contributed by atoms with Crippen molar-refractivity contribution in [2.75, 3.05) is 13.1 Å². The van der Waals surface area contributed by atoms with Gasteiger partial charge in [-0.25, -0.2) is 0 Å². The van der Waals surface area contributed by atoms with E-state index in [9.17, 15) is 0 Å². The van der Waals surface area contributed by atoms with Crippen LogP contribution in [0.2, 0.25) is 0 Å². The molecule has 62 valence electrons. The summed E-state index contributed by atoms with van der Waals surface area (Å²) in [7, 11) is 0. The summed E-state index contributed by atoms with van der Waals surface area (Å²) in [5.74, 6) is 1.58. The zero-order valence-electron chi connectivity index (χ0n) is 6.12. The van der Waals surface area contributed by atoms with Gasteiger partial charge in [0.2, 0.25) is 0 Å². The minimum absolute atomic E-state index is 0. The van der Waals surface area contributed by atoms with E-state index in [0.29, 0.717) is 5.92 Å². The molecule has 1 aliphatic rings. The number of nitrogens with one attached hydrogen (secondary N) is 1. The zero-order valence-corrected chi connectivity index (χ0v) is 6.93. The Labute approximate surface area is 71.6 Å². The van der Waals surface area contributed by atoms with Crippen LogP contribution in [0.3, 0.4) is 0 Å². The molecule has 0 spiro atoms. The van der Waals surface area contributed by atoms with E-state index in [1.807, 2.05) is 6.07 Å². The first kappa shape index (κ1) is 8.56. The Balaban J connectivity index is 0.000000605. The van der Waals surface area contributed by atoms with Gasteiger partial charge in [0.15, 0.2) is 0 Å². The fraction of sp³-hybridized carbons (Fsp3) is 0.571. The highest BCUT2D eigenvalue weighted by Crippen LogP contribution is 2.20. The van der Waals surface area contributed by atoms with Crippen LogP contribution in [-0.4, -0.2) is 18.2 Å². The van der Waals surface area contributed by atoms with Gasteiger partial charge in [-0.3, -0.25) is 0 Å². The Morgan fingerprint density at radius 2 is 2.55 bits per heavy atom. The Hall–Kier alpha value is -0.540. The van der Waals surface area contributed by atoms with Crippen molar-refractivity contribution in [3.8, 4) is 0 Å². The van der Waals surface area contributed by atoms with Crippen LogP contribution in [0.5, 0.6) is 0 Å². The van der Waals surface area contributed by atoms with Gasteiger partial charge in [-0.05, 0) is 13.0 Å². The van der Waals surface area contributed by atoms with E-state index in [1.54, 1.807) is 6.20 Å². The van der Waals surface area contributed by atoms with Crippen molar-refractivity contribution >= 4 is 12.4 Å². The first-order valence-electron chi connectivity index (χ1n) is 3.58. The summed E-state index contributed by atoms with van der Waals surface area (Å²) >= 11 is 0. The van der Waals surface area contributed by atoms with Crippen LogP contribution in [0.1, 0.15) is 18.1 Å². The van der Waals surface area contributed by atoms with Crippen LogP contribution in [0.15, 0.2) is 16.8 Å². The Bertz CT molecular complexity index is 194. The van der Waals surface area contributed by atoms with E-state index in [2.05, 4.69) is 10.5 Å². The average Bonchev–Trinajstić information content (AvgIpc) is 2.59. The van der Waals surface area contributed by atoms with Crippen LogP contribution >= 0.6 is 12.4 Å². The lowest BCUT2D eigenvalue weighted by Crippen LogP contribution is -2.07.